The molecule has 0 aromatic carbocycles. The van der Waals surface area contributed by atoms with Crippen LogP contribution in [-0.2, 0) is 19.0 Å². The Kier molecular flexibility index (Phi) is 15.6. The number of carbonyl (C=O) groups is 1. The molecular weight excluding hydrogens is 320 g/mol. The molecule has 1 N–H and O–H groups in total. The van der Waals surface area contributed by atoms with Crippen LogP contribution < -0.4 is 5.32 Å². The van der Waals surface area contributed by atoms with E-state index < -0.39 is 0 Å². The highest BCUT2D eigenvalue weighted by atomic mass is 16.5. The van der Waals surface area contributed by atoms with Crippen molar-refractivity contribution in [2.24, 2.45) is 5.92 Å². The van der Waals surface area contributed by atoms with Gasteiger partial charge < -0.3 is 24.4 Å². The Bertz CT molecular complexity index is 350. The van der Waals surface area contributed by atoms with Crippen molar-refractivity contribution in [1.82, 2.24) is 10.2 Å². The molecule has 6 nitrogen and oxygen atoms in total. The Morgan fingerprint density at radius 3 is 2.20 bits per heavy atom. The fourth-order valence-corrected chi connectivity index (χ4v) is 2.38. The molecule has 0 aromatic heterocycles. The molecule has 1 amide bonds. The summed E-state index contributed by atoms with van der Waals surface area (Å²) in [6.07, 6.45) is 2.73. The molecule has 0 bridgehead atoms. The van der Waals surface area contributed by atoms with Crippen LogP contribution in [0.1, 0.15) is 40.0 Å². The molecule has 0 saturated heterocycles. The Morgan fingerprint density at radius 1 is 1.08 bits per heavy atom. The molecular formula is C19H38N2O4. The Labute approximate surface area is 153 Å². The smallest absolute Gasteiger partial charge is 0.224 e. The molecule has 0 aromatic rings. The fourth-order valence-electron chi connectivity index (χ4n) is 2.38. The van der Waals surface area contributed by atoms with E-state index in [0.29, 0.717) is 52.0 Å². The highest BCUT2D eigenvalue weighted by Crippen LogP contribution is 2.07. The number of nitrogens with one attached hydrogen (secondary N) is 1. The first-order valence-electron chi connectivity index (χ1n) is 9.33. The lowest BCUT2D eigenvalue weighted by molar-refractivity contribution is -0.131. The number of allylic oxidation sites excluding steroid dienone is 1. The van der Waals surface area contributed by atoms with Gasteiger partial charge in [-0.3, -0.25) is 4.79 Å². The van der Waals surface area contributed by atoms with E-state index in [0.717, 1.165) is 31.6 Å². The van der Waals surface area contributed by atoms with Gasteiger partial charge in [0.15, 0.2) is 0 Å². The number of carbonyl (C=O) groups excluding carboxylic acids is 1. The Morgan fingerprint density at radius 2 is 1.64 bits per heavy atom. The second-order valence-electron chi connectivity index (χ2n) is 6.46. The van der Waals surface area contributed by atoms with Gasteiger partial charge in [-0.15, -0.1) is 0 Å². The van der Waals surface area contributed by atoms with E-state index in [2.05, 4.69) is 25.7 Å². The van der Waals surface area contributed by atoms with Gasteiger partial charge in [-0.1, -0.05) is 26.8 Å². The lowest BCUT2D eigenvalue weighted by atomic mass is 10.1. The monoisotopic (exact) mass is 358 g/mol. The van der Waals surface area contributed by atoms with Crippen LogP contribution in [0.5, 0.6) is 0 Å². The maximum absolute atomic E-state index is 12.0. The molecule has 0 heterocycles. The van der Waals surface area contributed by atoms with Crippen molar-refractivity contribution in [2.75, 3.05) is 59.8 Å². The number of rotatable bonds is 17. The van der Waals surface area contributed by atoms with Gasteiger partial charge in [0.2, 0.25) is 5.91 Å². The maximum atomic E-state index is 12.0. The van der Waals surface area contributed by atoms with Crippen LogP contribution in [0.25, 0.3) is 0 Å². The van der Waals surface area contributed by atoms with Gasteiger partial charge in [-0.05, 0) is 19.3 Å². The minimum Gasteiger partial charge on any atom is -0.387 e. The third-order valence-electron chi connectivity index (χ3n) is 3.67. The first kappa shape index (κ1) is 23.9. The molecule has 0 fully saturated rings. The second-order valence-corrected chi connectivity index (χ2v) is 6.46. The van der Waals surface area contributed by atoms with Gasteiger partial charge in [0, 0.05) is 25.8 Å². The van der Waals surface area contributed by atoms with Gasteiger partial charge in [0.05, 0.1) is 46.1 Å². The molecule has 148 valence electrons. The molecule has 0 spiro atoms. The zero-order valence-corrected chi connectivity index (χ0v) is 16.6. The number of hydrogen-bond acceptors (Lipinski definition) is 5. The third-order valence-corrected chi connectivity index (χ3v) is 3.67. The molecule has 6 heteroatoms. The highest BCUT2D eigenvalue weighted by molar-refractivity contribution is 5.75. The summed E-state index contributed by atoms with van der Waals surface area (Å²) >= 11 is 0. The normalized spacial score (nSPS) is 12.0. The second kappa shape index (κ2) is 16.4. The summed E-state index contributed by atoms with van der Waals surface area (Å²) in [5.74, 6) is 0.688. The highest BCUT2D eigenvalue weighted by Gasteiger charge is 2.11. The molecule has 1 unspecified atom stereocenters. The molecule has 25 heavy (non-hydrogen) atoms. The zero-order chi connectivity index (χ0) is 18.9. The van der Waals surface area contributed by atoms with Crippen LogP contribution in [0.3, 0.4) is 0 Å². The van der Waals surface area contributed by atoms with Crippen molar-refractivity contribution in [3.8, 4) is 0 Å². The topological polar surface area (TPSA) is 60.0 Å². The van der Waals surface area contributed by atoms with Crippen molar-refractivity contribution in [2.45, 2.75) is 40.0 Å². The van der Waals surface area contributed by atoms with Gasteiger partial charge in [-0.2, -0.15) is 0 Å². The molecule has 0 aliphatic carbocycles. The Balaban J connectivity index is 3.37. The summed E-state index contributed by atoms with van der Waals surface area (Å²) in [4.78, 5) is 13.8. The molecule has 0 radical (unpaired) electrons. The Hall–Kier alpha value is -1.11. The van der Waals surface area contributed by atoms with Crippen molar-refractivity contribution in [3.63, 3.8) is 0 Å². The number of hydrogen-bond donors (Lipinski definition) is 1. The molecule has 1 atom stereocenters. The minimum atomic E-state index is 0.139. The third kappa shape index (κ3) is 16.1. The largest absolute Gasteiger partial charge is 0.387 e. The first-order chi connectivity index (χ1) is 12.0. The lowest BCUT2D eigenvalue weighted by Crippen LogP contribution is -2.31. The summed E-state index contributed by atoms with van der Waals surface area (Å²) in [6.45, 7) is 14.8. The van der Waals surface area contributed by atoms with Crippen molar-refractivity contribution >= 4 is 5.91 Å². The van der Waals surface area contributed by atoms with E-state index in [1.807, 2.05) is 14.0 Å². The van der Waals surface area contributed by atoms with Crippen LogP contribution in [-0.4, -0.2) is 70.6 Å². The average molecular weight is 359 g/mol. The van der Waals surface area contributed by atoms with E-state index in [-0.39, 0.29) is 5.91 Å². The molecule has 0 rings (SSSR count). The summed E-state index contributed by atoms with van der Waals surface area (Å²) in [7, 11) is 1.86. The van der Waals surface area contributed by atoms with Crippen LogP contribution >= 0.6 is 0 Å². The summed E-state index contributed by atoms with van der Waals surface area (Å²) < 4.78 is 16.3. The first-order valence-corrected chi connectivity index (χ1v) is 9.33. The summed E-state index contributed by atoms with van der Waals surface area (Å²) in [5.41, 5.74) is 0.942. The van der Waals surface area contributed by atoms with E-state index in [4.69, 9.17) is 14.2 Å². The van der Waals surface area contributed by atoms with Crippen molar-refractivity contribution in [1.29, 1.82) is 0 Å². The number of amides is 1. The van der Waals surface area contributed by atoms with Crippen LogP contribution in [0.4, 0.5) is 0 Å². The lowest BCUT2D eigenvalue weighted by Gasteiger charge is -2.21. The van der Waals surface area contributed by atoms with Gasteiger partial charge >= 0.3 is 0 Å². The quantitative estimate of drug-likeness (QED) is 0.405. The minimum absolute atomic E-state index is 0.139. The zero-order valence-electron chi connectivity index (χ0n) is 16.6. The van der Waals surface area contributed by atoms with E-state index >= 15 is 0 Å². The van der Waals surface area contributed by atoms with Crippen molar-refractivity contribution in [3.05, 3.63) is 12.3 Å². The maximum Gasteiger partial charge on any atom is 0.224 e. The van der Waals surface area contributed by atoms with Crippen LogP contribution in [0.15, 0.2) is 12.3 Å². The average Bonchev–Trinajstić information content (AvgIpc) is 2.55. The van der Waals surface area contributed by atoms with E-state index in [1.54, 1.807) is 4.90 Å². The molecule has 0 aliphatic rings. The predicted molar refractivity (Wildman–Crippen MR) is 102 cm³/mol. The van der Waals surface area contributed by atoms with Crippen LogP contribution in [0, 0.1) is 5.92 Å². The molecule has 0 aliphatic heterocycles. The van der Waals surface area contributed by atoms with Crippen molar-refractivity contribution < 1.29 is 19.0 Å². The van der Waals surface area contributed by atoms with E-state index in [9.17, 15) is 4.79 Å². The summed E-state index contributed by atoms with van der Waals surface area (Å²) in [6, 6.07) is 0. The molecule has 0 saturated carbocycles. The number of nitrogens with zero attached hydrogens (tertiary/aromatic N) is 1. The summed E-state index contributed by atoms with van der Waals surface area (Å²) in [5, 5.41) is 3.09. The van der Waals surface area contributed by atoms with Gasteiger partial charge in [-0.25, -0.2) is 0 Å². The van der Waals surface area contributed by atoms with E-state index in [1.165, 1.54) is 0 Å². The number of ether oxygens (including phenoxy) is 3. The fraction of sp³-hybridized carbons (Fsp3) is 0.842. The standard InChI is InChI=1S/C19H38N2O4/c1-6-7-18(4)16-21(5)19(22)8-10-23-12-14-25-15-13-24-11-9-20-17(2)3/h18,20H,2,6-16H2,1,3-5H3. The van der Waals surface area contributed by atoms with Gasteiger partial charge in [0.25, 0.3) is 0 Å². The SMILES string of the molecule is C=C(C)NCCOCCOCCOCCC(=O)N(C)CC(C)CCC. The predicted octanol–water partition coefficient (Wildman–Crippen LogP) is 2.44. The van der Waals surface area contributed by atoms with Crippen LogP contribution in [0.2, 0.25) is 0 Å². The van der Waals surface area contributed by atoms with Gasteiger partial charge in [0.1, 0.15) is 0 Å².